The van der Waals surface area contributed by atoms with Gasteiger partial charge in [0, 0.05) is 0 Å². The van der Waals surface area contributed by atoms with E-state index in [0.717, 1.165) is 5.92 Å². The highest BCUT2D eigenvalue weighted by Crippen LogP contribution is 2.18. The van der Waals surface area contributed by atoms with E-state index in [4.69, 9.17) is 0 Å². The van der Waals surface area contributed by atoms with E-state index in [0.29, 0.717) is 0 Å². The van der Waals surface area contributed by atoms with Crippen molar-refractivity contribution in [3.63, 3.8) is 0 Å². The van der Waals surface area contributed by atoms with Crippen molar-refractivity contribution in [3.8, 4) is 0 Å². The minimum Gasteiger partial charge on any atom is -0.103 e. The Hall–Kier alpha value is -0.260. The van der Waals surface area contributed by atoms with Gasteiger partial charge in [-0.2, -0.15) is 0 Å². The molecule has 0 bridgehead atoms. The van der Waals surface area contributed by atoms with Crippen molar-refractivity contribution in [1.82, 2.24) is 0 Å². The third kappa shape index (κ3) is 23.8. The van der Waals surface area contributed by atoms with E-state index >= 15 is 0 Å². The SMILES string of the molecule is C=CCCCCC(C)CCCCCCCCCCCCCCCCCCCC. The van der Waals surface area contributed by atoms with Crippen molar-refractivity contribution < 1.29 is 0 Å². The van der Waals surface area contributed by atoms with Crippen LogP contribution in [-0.4, -0.2) is 0 Å². The second-order valence-electron chi connectivity index (χ2n) is 9.48. The van der Waals surface area contributed by atoms with Crippen LogP contribution >= 0.6 is 0 Å². The fourth-order valence-electron chi connectivity index (χ4n) is 4.32. The Bertz CT molecular complexity index is 280. The lowest BCUT2D eigenvalue weighted by Gasteiger charge is -2.10. The standard InChI is InChI=1S/C28H56/c1-4-6-8-10-11-12-13-14-15-16-17-18-19-20-21-22-23-25-27-28(3)26-24-9-7-5-2/h5,28H,2,4,6-27H2,1,3H3. The number of unbranched alkanes of at least 4 members (excludes halogenated alkanes) is 19. The smallest absolute Gasteiger partial charge is 0.0353 e. The molecular weight excluding hydrogens is 336 g/mol. The Kier molecular flexibility index (Phi) is 24.5. The molecule has 28 heavy (non-hydrogen) atoms. The van der Waals surface area contributed by atoms with E-state index in [2.05, 4.69) is 26.5 Å². The second kappa shape index (κ2) is 24.8. The van der Waals surface area contributed by atoms with Crippen LogP contribution in [0.5, 0.6) is 0 Å². The van der Waals surface area contributed by atoms with Crippen molar-refractivity contribution in [1.29, 1.82) is 0 Å². The predicted octanol–water partition coefficient (Wildman–Crippen LogP) is 10.8. The minimum absolute atomic E-state index is 0.936. The minimum atomic E-state index is 0.936. The Labute approximate surface area is 180 Å². The first kappa shape index (κ1) is 27.7. The van der Waals surface area contributed by atoms with Crippen LogP contribution in [0.2, 0.25) is 0 Å². The summed E-state index contributed by atoms with van der Waals surface area (Å²) in [5, 5.41) is 0. The lowest BCUT2D eigenvalue weighted by Crippen LogP contribution is -1.95. The topological polar surface area (TPSA) is 0 Å². The van der Waals surface area contributed by atoms with Crippen LogP contribution in [-0.2, 0) is 0 Å². The predicted molar refractivity (Wildman–Crippen MR) is 131 cm³/mol. The molecule has 0 aromatic rings. The van der Waals surface area contributed by atoms with Crippen LogP contribution < -0.4 is 0 Å². The molecule has 0 rings (SSSR count). The van der Waals surface area contributed by atoms with Crippen LogP contribution in [0, 0.1) is 5.92 Å². The Morgan fingerprint density at radius 3 is 1.18 bits per heavy atom. The summed E-state index contributed by atoms with van der Waals surface area (Å²) in [6.45, 7) is 8.55. The summed E-state index contributed by atoms with van der Waals surface area (Å²) in [6, 6.07) is 0. The lowest BCUT2D eigenvalue weighted by molar-refractivity contribution is 0.437. The molecule has 0 aliphatic rings. The van der Waals surface area contributed by atoms with E-state index in [1.54, 1.807) is 0 Å². The molecule has 0 heteroatoms. The molecular formula is C28H56. The van der Waals surface area contributed by atoms with Crippen molar-refractivity contribution in [2.45, 2.75) is 162 Å². The van der Waals surface area contributed by atoms with Crippen molar-refractivity contribution >= 4 is 0 Å². The molecule has 0 aliphatic carbocycles. The summed E-state index contributed by atoms with van der Waals surface area (Å²) >= 11 is 0. The van der Waals surface area contributed by atoms with Gasteiger partial charge in [-0.15, -0.1) is 6.58 Å². The fourth-order valence-corrected chi connectivity index (χ4v) is 4.32. The maximum absolute atomic E-state index is 3.81. The molecule has 168 valence electrons. The summed E-state index contributed by atoms with van der Waals surface area (Å²) in [7, 11) is 0. The van der Waals surface area contributed by atoms with Gasteiger partial charge in [-0.25, -0.2) is 0 Å². The lowest BCUT2D eigenvalue weighted by atomic mass is 9.96. The van der Waals surface area contributed by atoms with E-state index in [1.807, 2.05) is 0 Å². The summed E-state index contributed by atoms with van der Waals surface area (Å²) in [5.74, 6) is 0.936. The summed E-state index contributed by atoms with van der Waals surface area (Å²) in [6.07, 6.45) is 35.3. The molecule has 0 fully saturated rings. The van der Waals surface area contributed by atoms with Crippen LogP contribution in [0.25, 0.3) is 0 Å². The molecule has 0 aromatic carbocycles. The van der Waals surface area contributed by atoms with Crippen molar-refractivity contribution in [2.75, 3.05) is 0 Å². The van der Waals surface area contributed by atoms with Crippen LogP contribution in [0.1, 0.15) is 162 Å². The third-order valence-corrected chi connectivity index (χ3v) is 6.41. The number of allylic oxidation sites excluding steroid dienone is 1. The van der Waals surface area contributed by atoms with Crippen LogP contribution in [0.15, 0.2) is 12.7 Å². The van der Waals surface area contributed by atoms with Gasteiger partial charge in [-0.1, -0.05) is 155 Å². The molecule has 0 radical (unpaired) electrons. The highest BCUT2D eigenvalue weighted by atomic mass is 14.1. The molecule has 0 aliphatic heterocycles. The number of rotatable bonds is 24. The quantitative estimate of drug-likeness (QED) is 0.113. The highest BCUT2D eigenvalue weighted by molar-refractivity contribution is 4.66. The first-order chi connectivity index (χ1) is 13.8. The van der Waals surface area contributed by atoms with Gasteiger partial charge in [0.2, 0.25) is 0 Å². The normalized spacial score (nSPS) is 12.4. The zero-order valence-electron chi connectivity index (χ0n) is 20.1. The molecule has 0 spiro atoms. The summed E-state index contributed by atoms with van der Waals surface area (Å²) in [5.41, 5.74) is 0. The van der Waals surface area contributed by atoms with Crippen LogP contribution in [0.4, 0.5) is 0 Å². The molecule has 0 N–H and O–H groups in total. The van der Waals surface area contributed by atoms with Gasteiger partial charge in [0.1, 0.15) is 0 Å². The van der Waals surface area contributed by atoms with Gasteiger partial charge in [0.15, 0.2) is 0 Å². The van der Waals surface area contributed by atoms with Gasteiger partial charge >= 0.3 is 0 Å². The first-order valence-electron chi connectivity index (χ1n) is 13.4. The van der Waals surface area contributed by atoms with Gasteiger partial charge in [0.05, 0.1) is 0 Å². The molecule has 0 saturated carbocycles. The zero-order chi connectivity index (χ0) is 20.5. The number of hydrogen-bond donors (Lipinski definition) is 0. The van der Waals surface area contributed by atoms with E-state index < -0.39 is 0 Å². The monoisotopic (exact) mass is 392 g/mol. The fraction of sp³-hybridized carbons (Fsp3) is 0.929. The molecule has 0 amide bonds. The van der Waals surface area contributed by atoms with Crippen molar-refractivity contribution in [2.24, 2.45) is 5.92 Å². The second-order valence-corrected chi connectivity index (χ2v) is 9.48. The summed E-state index contributed by atoms with van der Waals surface area (Å²) < 4.78 is 0. The Morgan fingerprint density at radius 1 is 0.500 bits per heavy atom. The Balaban J connectivity index is 3.07. The molecule has 0 aromatic heterocycles. The molecule has 0 saturated heterocycles. The van der Waals surface area contributed by atoms with E-state index in [-0.39, 0.29) is 0 Å². The van der Waals surface area contributed by atoms with Gasteiger partial charge in [-0.05, 0) is 18.8 Å². The molecule has 0 heterocycles. The zero-order valence-corrected chi connectivity index (χ0v) is 20.1. The summed E-state index contributed by atoms with van der Waals surface area (Å²) in [4.78, 5) is 0. The van der Waals surface area contributed by atoms with Crippen molar-refractivity contribution in [3.05, 3.63) is 12.7 Å². The largest absolute Gasteiger partial charge is 0.103 e. The van der Waals surface area contributed by atoms with E-state index in [1.165, 1.54) is 148 Å². The number of hydrogen-bond acceptors (Lipinski definition) is 0. The van der Waals surface area contributed by atoms with Crippen LogP contribution in [0.3, 0.4) is 0 Å². The van der Waals surface area contributed by atoms with E-state index in [9.17, 15) is 0 Å². The maximum atomic E-state index is 3.81. The average molecular weight is 393 g/mol. The molecule has 0 nitrogen and oxygen atoms in total. The molecule has 1 atom stereocenters. The Morgan fingerprint density at radius 2 is 0.821 bits per heavy atom. The first-order valence-corrected chi connectivity index (χ1v) is 13.4. The van der Waals surface area contributed by atoms with Gasteiger partial charge < -0.3 is 0 Å². The molecule has 1 unspecified atom stereocenters. The highest BCUT2D eigenvalue weighted by Gasteiger charge is 2.01. The third-order valence-electron chi connectivity index (χ3n) is 6.41. The maximum Gasteiger partial charge on any atom is -0.0353 e. The van der Waals surface area contributed by atoms with Gasteiger partial charge in [-0.3, -0.25) is 0 Å². The average Bonchev–Trinajstić information content (AvgIpc) is 2.70. The van der Waals surface area contributed by atoms with Gasteiger partial charge in [0.25, 0.3) is 0 Å².